The van der Waals surface area contributed by atoms with E-state index in [1.54, 1.807) is 18.2 Å². The van der Waals surface area contributed by atoms with Crippen LogP contribution in [0, 0.1) is 5.82 Å². The first kappa shape index (κ1) is 18.6. The highest BCUT2D eigenvalue weighted by atomic mass is 19.1. The number of ether oxygens (including phenoxy) is 1. The van der Waals surface area contributed by atoms with Gasteiger partial charge in [0, 0.05) is 18.7 Å². The van der Waals surface area contributed by atoms with E-state index in [0.717, 1.165) is 22.4 Å². The molecule has 3 aromatic carbocycles. The Labute approximate surface area is 157 Å². The molecule has 3 aromatic rings. The highest BCUT2D eigenvalue weighted by Crippen LogP contribution is 2.23. The molecular formula is C22H21FN2O2. The lowest BCUT2D eigenvalue weighted by Gasteiger charge is -2.09. The Morgan fingerprint density at radius 1 is 0.963 bits per heavy atom. The third kappa shape index (κ3) is 5.39. The molecule has 27 heavy (non-hydrogen) atoms. The first-order valence-corrected chi connectivity index (χ1v) is 8.70. The van der Waals surface area contributed by atoms with Crippen molar-refractivity contribution in [1.29, 1.82) is 0 Å². The van der Waals surface area contributed by atoms with Gasteiger partial charge >= 0.3 is 0 Å². The molecule has 0 bridgehead atoms. The Balaban J connectivity index is 1.48. The average molecular weight is 364 g/mol. The van der Waals surface area contributed by atoms with Gasteiger partial charge in [-0.25, -0.2) is 4.39 Å². The zero-order valence-corrected chi connectivity index (χ0v) is 14.8. The van der Waals surface area contributed by atoms with E-state index in [1.807, 2.05) is 42.5 Å². The number of carbonyl (C=O) groups excluding carboxylic acids is 1. The summed E-state index contributed by atoms with van der Waals surface area (Å²) in [6.07, 6.45) is 0. The van der Waals surface area contributed by atoms with Crippen molar-refractivity contribution in [3.8, 4) is 16.9 Å². The predicted octanol–water partition coefficient (Wildman–Crippen LogP) is 3.76. The average Bonchev–Trinajstić information content (AvgIpc) is 2.68. The number of benzene rings is 3. The molecule has 0 saturated carbocycles. The Kier molecular flexibility index (Phi) is 6.18. The van der Waals surface area contributed by atoms with Crippen LogP contribution < -0.4 is 15.8 Å². The van der Waals surface area contributed by atoms with E-state index in [2.05, 4.69) is 5.32 Å². The minimum absolute atomic E-state index is 0.230. The topological polar surface area (TPSA) is 64.4 Å². The summed E-state index contributed by atoms with van der Waals surface area (Å²) in [6.45, 7) is 1.75. The van der Waals surface area contributed by atoms with Gasteiger partial charge in [-0.15, -0.1) is 0 Å². The SMILES string of the molecule is NC(=O)c1cccc(-c2ccc(OCCNCc3cccc(F)c3)cc2)c1. The summed E-state index contributed by atoms with van der Waals surface area (Å²) < 4.78 is 18.8. The molecule has 0 aliphatic carbocycles. The van der Waals surface area contributed by atoms with Gasteiger partial charge in [-0.1, -0.05) is 36.4 Å². The minimum atomic E-state index is -0.442. The normalized spacial score (nSPS) is 10.6. The zero-order chi connectivity index (χ0) is 19.1. The summed E-state index contributed by atoms with van der Waals surface area (Å²) in [5.41, 5.74) is 8.62. The molecule has 0 atom stereocenters. The first-order valence-electron chi connectivity index (χ1n) is 8.70. The molecular weight excluding hydrogens is 343 g/mol. The molecule has 1 amide bonds. The third-order valence-electron chi connectivity index (χ3n) is 4.10. The minimum Gasteiger partial charge on any atom is -0.492 e. The molecule has 138 valence electrons. The second kappa shape index (κ2) is 8.96. The van der Waals surface area contributed by atoms with Crippen LogP contribution in [0.1, 0.15) is 15.9 Å². The summed E-state index contributed by atoms with van der Waals surface area (Å²) in [5.74, 6) is 0.0897. The lowest BCUT2D eigenvalue weighted by Crippen LogP contribution is -2.20. The fourth-order valence-electron chi connectivity index (χ4n) is 2.72. The highest BCUT2D eigenvalue weighted by molar-refractivity contribution is 5.94. The summed E-state index contributed by atoms with van der Waals surface area (Å²) >= 11 is 0. The van der Waals surface area contributed by atoms with Gasteiger partial charge in [-0.3, -0.25) is 4.79 Å². The van der Waals surface area contributed by atoms with Gasteiger partial charge in [0.25, 0.3) is 0 Å². The van der Waals surface area contributed by atoms with Gasteiger partial charge in [0.1, 0.15) is 18.2 Å². The number of nitrogens with two attached hydrogens (primary N) is 1. The van der Waals surface area contributed by atoms with Crippen LogP contribution in [0.5, 0.6) is 5.75 Å². The van der Waals surface area contributed by atoms with Gasteiger partial charge in [0.2, 0.25) is 5.91 Å². The summed E-state index contributed by atoms with van der Waals surface area (Å²) in [5, 5.41) is 3.22. The number of carbonyl (C=O) groups is 1. The predicted molar refractivity (Wildman–Crippen MR) is 104 cm³/mol. The van der Waals surface area contributed by atoms with Crippen LogP contribution in [0.2, 0.25) is 0 Å². The van der Waals surface area contributed by atoms with Gasteiger partial charge < -0.3 is 15.8 Å². The fourth-order valence-corrected chi connectivity index (χ4v) is 2.72. The van der Waals surface area contributed by atoms with Crippen LogP contribution in [0.4, 0.5) is 4.39 Å². The molecule has 0 fully saturated rings. The maximum Gasteiger partial charge on any atom is 0.248 e. The summed E-state index contributed by atoms with van der Waals surface area (Å²) in [4.78, 5) is 11.3. The molecule has 0 radical (unpaired) electrons. The largest absolute Gasteiger partial charge is 0.492 e. The summed E-state index contributed by atoms with van der Waals surface area (Å²) in [7, 11) is 0. The van der Waals surface area contributed by atoms with E-state index in [0.29, 0.717) is 25.3 Å². The van der Waals surface area contributed by atoms with Crippen molar-refractivity contribution in [1.82, 2.24) is 5.32 Å². The van der Waals surface area contributed by atoms with E-state index in [1.165, 1.54) is 12.1 Å². The zero-order valence-electron chi connectivity index (χ0n) is 14.8. The molecule has 4 nitrogen and oxygen atoms in total. The van der Waals surface area contributed by atoms with Gasteiger partial charge in [-0.2, -0.15) is 0 Å². The molecule has 0 aliphatic heterocycles. The van der Waals surface area contributed by atoms with Crippen LogP contribution in [0.25, 0.3) is 11.1 Å². The second-order valence-corrected chi connectivity index (χ2v) is 6.12. The van der Waals surface area contributed by atoms with Crippen LogP contribution in [-0.2, 0) is 6.54 Å². The van der Waals surface area contributed by atoms with E-state index in [9.17, 15) is 9.18 Å². The Morgan fingerprint density at radius 3 is 2.48 bits per heavy atom. The van der Waals surface area contributed by atoms with E-state index < -0.39 is 5.91 Å². The lowest BCUT2D eigenvalue weighted by molar-refractivity contribution is 0.100. The quantitative estimate of drug-likeness (QED) is 0.598. The number of halogens is 1. The van der Waals surface area contributed by atoms with Gasteiger partial charge in [0.05, 0.1) is 0 Å². The Hall–Kier alpha value is -3.18. The van der Waals surface area contributed by atoms with Crippen molar-refractivity contribution in [3.63, 3.8) is 0 Å². The fraction of sp³-hybridized carbons (Fsp3) is 0.136. The van der Waals surface area contributed by atoms with Crippen LogP contribution in [-0.4, -0.2) is 19.1 Å². The maximum absolute atomic E-state index is 13.1. The highest BCUT2D eigenvalue weighted by Gasteiger charge is 2.04. The monoisotopic (exact) mass is 364 g/mol. The molecule has 0 unspecified atom stereocenters. The van der Waals surface area contributed by atoms with Crippen LogP contribution in [0.3, 0.4) is 0 Å². The van der Waals surface area contributed by atoms with Crippen molar-refractivity contribution in [2.45, 2.75) is 6.54 Å². The molecule has 3 rings (SSSR count). The van der Waals surface area contributed by atoms with Crippen molar-refractivity contribution in [3.05, 3.63) is 89.7 Å². The van der Waals surface area contributed by atoms with Crippen LogP contribution in [0.15, 0.2) is 72.8 Å². The van der Waals surface area contributed by atoms with Crippen LogP contribution >= 0.6 is 0 Å². The Morgan fingerprint density at radius 2 is 1.74 bits per heavy atom. The number of hydrogen-bond acceptors (Lipinski definition) is 3. The van der Waals surface area contributed by atoms with Crippen molar-refractivity contribution < 1.29 is 13.9 Å². The second-order valence-electron chi connectivity index (χ2n) is 6.12. The lowest BCUT2D eigenvalue weighted by atomic mass is 10.0. The number of primary amides is 1. The smallest absolute Gasteiger partial charge is 0.248 e. The molecule has 5 heteroatoms. The van der Waals surface area contributed by atoms with E-state index in [4.69, 9.17) is 10.5 Å². The molecule has 3 N–H and O–H groups in total. The van der Waals surface area contributed by atoms with E-state index in [-0.39, 0.29) is 5.82 Å². The molecule has 0 aromatic heterocycles. The van der Waals surface area contributed by atoms with Gasteiger partial charge in [0.15, 0.2) is 0 Å². The molecule has 0 aliphatic rings. The molecule has 0 saturated heterocycles. The summed E-state index contributed by atoms with van der Waals surface area (Å²) in [6, 6.07) is 21.4. The maximum atomic E-state index is 13.1. The molecule has 0 spiro atoms. The van der Waals surface area contributed by atoms with Crippen molar-refractivity contribution >= 4 is 5.91 Å². The van der Waals surface area contributed by atoms with Crippen molar-refractivity contribution in [2.24, 2.45) is 5.73 Å². The third-order valence-corrected chi connectivity index (χ3v) is 4.10. The Bertz CT molecular complexity index is 910. The number of nitrogens with one attached hydrogen (secondary N) is 1. The number of amides is 1. The van der Waals surface area contributed by atoms with E-state index >= 15 is 0 Å². The molecule has 0 heterocycles. The van der Waals surface area contributed by atoms with Crippen molar-refractivity contribution in [2.75, 3.05) is 13.2 Å². The first-order chi connectivity index (χ1) is 13.1. The number of rotatable bonds is 8. The number of hydrogen-bond donors (Lipinski definition) is 2. The standard InChI is InChI=1S/C22H21FN2O2/c23-20-6-1-3-16(13-20)15-25-11-12-27-21-9-7-17(8-10-21)18-4-2-5-19(14-18)22(24)26/h1-10,13-14,25H,11-12,15H2,(H2,24,26). The van der Waals surface area contributed by atoms with Gasteiger partial charge in [-0.05, 0) is 53.1 Å².